The Labute approximate surface area is 167 Å². The van der Waals surface area contributed by atoms with E-state index in [1.165, 1.54) is 28.3 Å². The summed E-state index contributed by atoms with van der Waals surface area (Å²) in [5.41, 5.74) is 1.33. The Morgan fingerprint density at radius 1 is 1.00 bits per heavy atom. The third kappa shape index (κ3) is 4.37. The molecule has 0 bridgehead atoms. The summed E-state index contributed by atoms with van der Waals surface area (Å²) in [4.78, 5) is 27.5. The highest BCUT2D eigenvalue weighted by Crippen LogP contribution is 2.39. The van der Waals surface area contributed by atoms with Gasteiger partial charge < -0.3 is 23.7 Å². The topological polar surface area (TPSA) is 92.7 Å². The lowest BCUT2D eigenvalue weighted by atomic mass is 10.1. The molecule has 0 saturated heterocycles. The van der Waals surface area contributed by atoms with E-state index in [-0.39, 0.29) is 11.6 Å². The van der Waals surface area contributed by atoms with Gasteiger partial charge in [-0.3, -0.25) is 4.79 Å². The first kappa shape index (κ1) is 19.9. The highest BCUT2D eigenvalue weighted by molar-refractivity contribution is 6.13. The standard InChI is InChI=1S/C21H19NO7/c1-12(23)28-15-7-5-13(6-8-15)9-16-21(24)29-20(22-16)14-10-17(25-2)19(27-4)18(11-14)26-3/h5-11H,1-4H3/b16-9+. The van der Waals surface area contributed by atoms with Crippen LogP contribution in [0.5, 0.6) is 23.0 Å². The van der Waals surface area contributed by atoms with Crippen molar-refractivity contribution in [2.75, 3.05) is 21.3 Å². The van der Waals surface area contributed by atoms with E-state index < -0.39 is 11.9 Å². The molecule has 0 amide bonds. The molecular formula is C21H19NO7. The van der Waals surface area contributed by atoms with Crippen LogP contribution in [0.3, 0.4) is 0 Å². The highest BCUT2D eigenvalue weighted by atomic mass is 16.6. The molecule has 1 aliphatic heterocycles. The summed E-state index contributed by atoms with van der Waals surface area (Å²) in [6.07, 6.45) is 1.57. The number of cyclic esters (lactones) is 1. The number of nitrogens with zero attached hydrogens (tertiary/aromatic N) is 1. The van der Waals surface area contributed by atoms with Gasteiger partial charge in [0.05, 0.1) is 21.3 Å². The number of aliphatic imine (C=N–C) groups is 1. The van der Waals surface area contributed by atoms with Gasteiger partial charge in [-0.05, 0) is 35.9 Å². The second kappa shape index (κ2) is 8.47. The summed E-state index contributed by atoms with van der Waals surface area (Å²) in [7, 11) is 4.49. The predicted molar refractivity (Wildman–Crippen MR) is 104 cm³/mol. The van der Waals surface area contributed by atoms with Gasteiger partial charge in [0.2, 0.25) is 11.6 Å². The molecule has 0 unspecified atom stereocenters. The number of carbonyl (C=O) groups is 2. The zero-order valence-corrected chi connectivity index (χ0v) is 16.3. The Bertz CT molecular complexity index is 981. The molecule has 3 rings (SSSR count). The lowest BCUT2D eigenvalue weighted by Crippen LogP contribution is -2.06. The lowest BCUT2D eigenvalue weighted by Gasteiger charge is -2.13. The van der Waals surface area contributed by atoms with Crippen LogP contribution in [0, 0.1) is 0 Å². The number of rotatable bonds is 6. The minimum Gasteiger partial charge on any atom is -0.493 e. The lowest BCUT2D eigenvalue weighted by molar-refractivity contribution is -0.132. The number of hydrogen-bond donors (Lipinski definition) is 0. The molecule has 0 aromatic heterocycles. The van der Waals surface area contributed by atoms with Gasteiger partial charge in [-0.15, -0.1) is 0 Å². The average Bonchev–Trinajstić information content (AvgIpc) is 3.08. The molecule has 0 N–H and O–H groups in total. The molecule has 0 spiro atoms. The van der Waals surface area contributed by atoms with Crippen LogP contribution < -0.4 is 18.9 Å². The van der Waals surface area contributed by atoms with Crippen LogP contribution in [0.1, 0.15) is 18.1 Å². The molecule has 1 heterocycles. The van der Waals surface area contributed by atoms with E-state index in [1.54, 1.807) is 42.5 Å². The number of benzene rings is 2. The van der Waals surface area contributed by atoms with Crippen molar-refractivity contribution in [2.45, 2.75) is 6.92 Å². The van der Waals surface area contributed by atoms with Gasteiger partial charge >= 0.3 is 11.9 Å². The zero-order valence-electron chi connectivity index (χ0n) is 16.3. The van der Waals surface area contributed by atoms with E-state index >= 15 is 0 Å². The smallest absolute Gasteiger partial charge is 0.363 e. The molecule has 150 valence electrons. The Hall–Kier alpha value is -3.81. The van der Waals surface area contributed by atoms with E-state index in [9.17, 15) is 9.59 Å². The van der Waals surface area contributed by atoms with Crippen LogP contribution in [-0.2, 0) is 14.3 Å². The van der Waals surface area contributed by atoms with Crippen LogP contribution >= 0.6 is 0 Å². The molecule has 0 saturated carbocycles. The van der Waals surface area contributed by atoms with E-state index in [0.29, 0.717) is 34.1 Å². The van der Waals surface area contributed by atoms with Crippen LogP contribution in [0.2, 0.25) is 0 Å². The fourth-order valence-corrected chi connectivity index (χ4v) is 2.69. The molecule has 2 aromatic carbocycles. The summed E-state index contributed by atoms with van der Waals surface area (Å²) >= 11 is 0. The van der Waals surface area contributed by atoms with Gasteiger partial charge in [-0.2, -0.15) is 0 Å². The Morgan fingerprint density at radius 3 is 2.14 bits per heavy atom. The van der Waals surface area contributed by atoms with Crippen molar-refractivity contribution in [2.24, 2.45) is 4.99 Å². The molecule has 8 nitrogen and oxygen atoms in total. The van der Waals surface area contributed by atoms with Gasteiger partial charge in [-0.1, -0.05) is 12.1 Å². The molecule has 0 atom stereocenters. The van der Waals surface area contributed by atoms with Crippen molar-refractivity contribution >= 4 is 23.9 Å². The Morgan fingerprint density at radius 2 is 1.62 bits per heavy atom. The van der Waals surface area contributed by atoms with E-state index in [4.69, 9.17) is 23.7 Å². The molecular weight excluding hydrogens is 378 g/mol. The second-order valence-electron chi connectivity index (χ2n) is 5.91. The Balaban J connectivity index is 1.92. The largest absolute Gasteiger partial charge is 0.493 e. The summed E-state index contributed by atoms with van der Waals surface area (Å²) in [5, 5.41) is 0. The third-order valence-electron chi connectivity index (χ3n) is 3.98. The summed E-state index contributed by atoms with van der Waals surface area (Å²) in [5.74, 6) is 0.797. The molecule has 0 radical (unpaired) electrons. The maximum Gasteiger partial charge on any atom is 0.363 e. The van der Waals surface area contributed by atoms with E-state index in [2.05, 4.69) is 4.99 Å². The molecule has 29 heavy (non-hydrogen) atoms. The highest BCUT2D eigenvalue weighted by Gasteiger charge is 2.26. The van der Waals surface area contributed by atoms with Gasteiger partial charge in [0.15, 0.2) is 17.2 Å². The first-order valence-electron chi connectivity index (χ1n) is 8.56. The molecule has 2 aromatic rings. The number of hydrogen-bond acceptors (Lipinski definition) is 8. The summed E-state index contributed by atoms with van der Waals surface area (Å²) in [6, 6.07) is 9.93. The second-order valence-corrected chi connectivity index (χ2v) is 5.91. The number of esters is 2. The minimum atomic E-state index is -0.585. The van der Waals surface area contributed by atoms with Crippen molar-refractivity contribution in [3.8, 4) is 23.0 Å². The van der Waals surface area contributed by atoms with Crippen molar-refractivity contribution in [3.63, 3.8) is 0 Å². The fraction of sp³-hybridized carbons (Fsp3) is 0.190. The first-order chi connectivity index (χ1) is 13.9. The van der Waals surface area contributed by atoms with Gasteiger partial charge in [-0.25, -0.2) is 9.79 Å². The predicted octanol–water partition coefficient (Wildman–Crippen LogP) is 2.98. The van der Waals surface area contributed by atoms with E-state index in [0.717, 1.165) is 0 Å². The SMILES string of the molecule is COc1cc(C2=N/C(=C/c3ccc(OC(C)=O)cc3)C(=O)O2)cc(OC)c1OC. The Kier molecular flexibility index (Phi) is 5.82. The van der Waals surface area contributed by atoms with Gasteiger partial charge in [0.25, 0.3) is 0 Å². The van der Waals surface area contributed by atoms with Crippen LogP contribution in [0.25, 0.3) is 6.08 Å². The van der Waals surface area contributed by atoms with Crippen molar-refractivity contribution in [1.82, 2.24) is 0 Å². The number of methoxy groups -OCH3 is 3. The quantitative estimate of drug-likeness (QED) is 0.420. The van der Waals surface area contributed by atoms with Gasteiger partial charge in [0.1, 0.15) is 5.75 Å². The zero-order chi connectivity index (χ0) is 21.0. The molecule has 0 aliphatic carbocycles. The minimum absolute atomic E-state index is 0.122. The molecule has 1 aliphatic rings. The van der Waals surface area contributed by atoms with Crippen LogP contribution in [0.4, 0.5) is 0 Å². The van der Waals surface area contributed by atoms with E-state index in [1.807, 2.05) is 0 Å². The number of carbonyl (C=O) groups excluding carboxylic acids is 2. The van der Waals surface area contributed by atoms with Crippen molar-refractivity contribution < 1.29 is 33.3 Å². The third-order valence-corrected chi connectivity index (χ3v) is 3.98. The van der Waals surface area contributed by atoms with Gasteiger partial charge in [0, 0.05) is 12.5 Å². The summed E-state index contributed by atoms with van der Waals surface area (Å²) < 4.78 is 26.2. The normalized spacial score (nSPS) is 14.3. The van der Waals surface area contributed by atoms with Crippen LogP contribution in [0.15, 0.2) is 47.1 Å². The van der Waals surface area contributed by atoms with Crippen molar-refractivity contribution in [1.29, 1.82) is 0 Å². The van der Waals surface area contributed by atoms with Crippen LogP contribution in [-0.4, -0.2) is 39.2 Å². The molecule has 8 heteroatoms. The maximum atomic E-state index is 12.2. The number of ether oxygens (including phenoxy) is 5. The fourth-order valence-electron chi connectivity index (χ4n) is 2.69. The molecule has 0 fully saturated rings. The summed E-state index contributed by atoms with van der Waals surface area (Å²) in [6.45, 7) is 1.32. The maximum absolute atomic E-state index is 12.2. The first-order valence-corrected chi connectivity index (χ1v) is 8.56. The average molecular weight is 397 g/mol. The monoisotopic (exact) mass is 397 g/mol. The van der Waals surface area contributed by atoms with Crippen molar-refractivity contribution in [3.05, 3.63) is 53.2 Å².